The van der Waals surface area contributed by atoms with E-state index >= 15 is 0 Å². The molecular formula is C31H32N2O8. The van der Waals surface area contributed by atoms with Crippen molar-refractivity contribution in [2.24, 2.45) is 5.41 Å². The number of ether oxygens (including phenoxy) is 2. The van der Waals surface area contributed by atoms with Crippen molar-refractivity contribution in [3.63, 3.8) is 0 Å². The van der Waals surface area contributed by atoms with E-state index in [1.165, 1.54) is 37.5 Å². The molecule has 10 heteroatoms. The number of nitro groups is 2. The van der Waals surface area contributed by atoms with E-state index in [1.54, 1.807) is 54.6 Å². The molecule has 41 heavy (non-hydrogen) atoms. The van der Waals surface area contributed by atoms with Gasteiger partial charge < -0.3 is 9.47 Å². The first-order valence-corrected chi connectivity index (χ1v) is 13.1. The molecule has 0 amide bonds. The lowest BCUT2D eigenvalue weighted by Crippen LogP contribution is -2.23. The van der Waals surface area contributed by atoms with Gasteiger partial charge in [0, 0.05) is 30.3 Å². The van der Waals surface area contributed by atoms with Crippen molar-refractivity contribution in [2.45, 2.75) is 39.0 Å². The highest BCUT2D eigenvalue weighted by Gasteiger charge is 2.26. The summed E-state index contributed by atoms with van der Waals surface area (Å²) in [6.07, 6.45) is 6.37. The quantitative estimate of drug-likeness (QED) is 0.0715. The Hall–Kier alpha value is -4.86. The van der Waals surface area contributed by atoms with Crippen LogP contribution in [0.2, 0.25) is 0 Å². The maximum atomic E-state index is 12.5. The molecule has 0 fully saturated rings. The van der Waals surface area contributed by atoms with Gasteiger partial charge in [-0.05, 0) is 72.4 Å². The number of non-ortho nitro benzene ring substituents is 2. The SMILES string of the molecule is COC(=O)/C=C/c1ccc(C(=O)OCCCCC(C)(Cc2ccc([N+](=O)[O-])cc2)Cc2ccc([N+](=O)[O-])cc2)cc1. The fraction of sp³-hybridized carbons (Fsp3) is 0.290. The number of methoxy groups -OCH3 is 1. The summed E-state index contributed by atoms with van der Waals surface area (Å²) in [6.45, 7) is 2.37. The third-order valence-electron chi connectivity index (χ3n) is 6.72. The van der Waals surface area contributed by atoms with Gasteiger partial charge in [0.05, 0.1) is 29.1 Å². The maximum Gasteiger partial charge on any atom is 0.338 e. The van der Waals surface area contributed by atoms with Crippen LogP contribution in [-0.4, -0.2) is 35.5 Å². The minimum Gasteiger partial charge on any atom is -0.466 e. The van der Waals surface area contributed by atoms with E-state index < -0.39 is 21.8 Å². The number of benzene rings is 3. The molecule has 0 radical (unpaired) electrons. The zero-order chi connectivity index (χ0) is 29.8. The molecule has 0 aliphatic heterocycles. The summed E-state index contributed by atoms with van der Waals surface area (Å²) in [5.41, 5.74) is 2.87. The second kappa shape index (κ2) is 14.5. The Balaban J connectivity index is 1.58. The standard InChI is InChI=1S/C31H32N2O8/c1-31(21-24-7-14-27(15-8-24)32(36)37,22-25-9-16-28(17-10-25)33(38)39)19-3-4-20-41-30(35)26-12-5-23(6-13-26)11-18-29(34)40-2/h5-18H,3-4,19-22H2,1-2H3/b18-11+. The van der Waals surface area contributed by atoms with Crippen molar-refractivity contribution in [1.29, 1.82) is 0 Å². The molecule has 0 saturated heterocycles. The van der Waals surface area contributed by atoms with Crippen LogP contribution in [0.25, 0.3) is 6.08 Å². The summed E-state index contributed by atoms with van der Waals surface area (Å²) in [5, 5.41) is 22.1. The van der Waals surface area contributed by atoms with Crippen LogP contribution in [0.15, 0.2) is 78.9 Å². The van der Waals surface area contributed by atoms with Gasteiger partial charge in [-0.3, -0.25) is 20.2 Å². The Labute approximate surface area is 237 Å². The Morgan fingerprint density at radius 2 is 1.32 bits per heavy atom. The summed E-state index contributed by atoms with van der Waals surface area (Å²) in [6, 6.07) is 19.6. The predicted molar refractivity (Wildman–Crippen MR) is 153 cm³/mol. The predicted octanol–water partition coefficient (Wildman–Crippen LogP) is 6.51. The smallest absolute Gasteiger partial charge is 0.338 e. The summed E-state index contributed by atoms with van der Waals surface area (Å²) in [4.78, 5) is 44.9. The van der Waals surface area contributed by atoms with Crippen LogP contribution in [0.5, 0.6) is 0 Å². The lowest BCUT2D eigenvalue weighted by Gasteiger charge is -2.30. The lowest BCUT2D eigenvalue weighted by molar-refractivity contribution is -0.385. The fourth-order valence-electron chi connectivity index (χ4n) is 4.56. The van der Waals surface area contributed by atoms with E-state index in [2.05, 4.69) is 11.7 Å². The number of rotatable bonds is 14. The highest BCUT2D eigenvalue weighted by molar-refractivity contribution is 5.90. The first-order chi connectivity index (χ1) is 19.6. The van der Waals surface area contributed by atoms with E-state index in [-0.39, 0.29) is 23.4 Å². The summed E-state index contributed by atoms with van der Waals surface area (Å²) < 4.78 is 10.0. The molecule has 3 rings (SSSR count). The summed E-state index contributed by atoms with van der Waals surface area (Å²) in [7, 11) is 1.30. The Morgan fingerprint density at radius 3 is 1.78 bits per heavy atom. The number of nitrogens with zero attached hydrogens (tertiary/aromatic N) is 2. The first-order valence-electron chi connectivity index (χ1n) is 13.1. The number of carbonyl (C=O) groups excluding carboxylic acids is 2. The number of hydrogen-bond donors (Lipinski definition) is 0. The van der Waals surface area contributed by atoms with Crippen LogP contribution in [-0.2, 0) is 27.1 Å². The second-order valence-corrected chi connectivity index (χ2v) is 10.1. The van der Waals surface area contributed by atoms with Gasteiger partial charge in [0.1, 0.15) is 0 Å². The van der Waals surface area contributed by atoms with Crippen LogP contribution in [0, 0.1) is 25.6 Å². The van der Waals surface area contributed by atoms with Gasteiger partial charge in [0.15, 0.2) is 0 Å². The van der Waals surface area contributed by atoms with E-state index in [0.29, 0.717) is 24.8 Å². The molecule has 214 valence electrons. The van der Waals surface area contributed by atoms with Crippen molar-refractivity contribution >= 4 is 29.4 Å². The minimum atomic E-state index is -0.468. The Morgan fingerprint density at radius 1 is 0.805 bits per heavy atom. The molecule has 0 aliphatic carbocycles. The Kier molecular flexibility index (Phi) is 10.9. The topological polar surface area (TPSA) is 139 Å². The lowest BCUT2D eigenvalue weighted by atomic mass is 9.74. The van der Waals surface area contributed by atoms with Crippen LogP contribution < -0.4 is 0 Å². The molecule has 0 heterocycles. The monoisotopic (exact) mass is 560 g/mol. The number of hydrogen-bond acceptors (Lipinski definition) is 8. The van der Waals surface area contributed by atoms with Gasteiger partial charge in [-0.1, -0.05) is 43.3 Å². The Bertz CT molecular complexity index is 1320. The second-order valence-electron chi connectivity index (χ2n) is 10.1. The highest BCUT2D eigenvalue weighted by Crippen LogP contribution is 2.34. The third-order valence-corrected chi connectivity index (χ3v) is 6.72. The van der Waals surface area contributed by atoms with Crippen molar-refractivity contribution in [1.82, 2.24) is 0 Å². The van der Waals surface area contributed by atoms with Crippen LogP contribution in [0.4, 0.5) is 11.4 Å². The number of nitro benzene ring substituents is 2. The zero-order valence-electron chi connectivity index (χ0n) is 23.0. The molecule has 3 aromatic rings. The average molecular weight is 561 g/mol. The minimum absolute atomic E-state index is 0.0277. The fourth-order valence-corrected chi connectivity index (χ4v) is 4.56. The van der Waals surface area contributed by atoms with Crippen molar-refractivity contribution in [3.05, 3.63) is 121 Å². The van der Waals surface area contributed by atoms with E-state index in [4.69, 9.17) is 4.74 Å². The normalized spacial score (nSPS) is 11.3. The molecule has 0 N–H and O–H groups in total. The number of carbonyl (C=O) groups is 2. The first kappa shape index (κ1) is 30.7. The largest absolute Gasteiger partial charge is 0.466 e. The molecule has 0 aromatic heterocycles. The van der Waals surface area contributed by atoms with Crippen molar-refractivity contribution in [2.75, 3.05) is 13.7 Å². The molecule has 0 spiro atoms. The highest BCUT2D eigenvalue weighted by atomic mass is 16.6. The maximum absolute atomic E-state index is 12.5. The molecule has 3 aromatic carbocycles. The summed E-state index contributed by atoms with van der Waals surface area (Å²) in [5.74, 6) is -0.905. The number of esters is 2. The van der Waals surface area contributed by atoms with Crippen LogP contribution >= 0.6 is 0 Å². The van der Waals surface area contributed by atoms with E-state index in [0.717, 1.165) is 29.5 Å². The van der Waals surface area contributed by atoms with Gasteiger partial charge in [0.2, 0.25) is 0 Å². The molecule has 0 bridgehead atoms. The van der Waals surface area contributed by atoms with Crippen molar-refractivity contribution in [3.8, 4) is 0 Å². The van der Waals surface area contributed by atoms with E-state index in [1.807, 2.05) is 0 Å². The van der Waals surface area contributed by atoms with Gasteiger partial charge in [-0.2, -0.15) is 0 Å². The average Bonchev–Trinajstić information content (AvgIpc) is 2.96. The van der Waals surface area contributed by atoms with Gasteiger partial charge >= 0.3 is 11.9 Å². The van der Waals surface area contributed by atoms with Gasteiger partial charge in [-0.15, -0.1) is 0 Å². The van der Waals surface area contributed by atoms with E-state index in [9.17, 15) is 29.8 Å². The molecule has 0 atom stereocenters. The molecule has 10 nitrogen and oxygen atoms in total. The summed E-state index contributed by atoms with van der Waals surface area (Å²) >= 11 is 0. The number of unbranched alkanes of at least 4 members (excludes halogenated alkanes) is 1. The third kappa shape index (κ3) is 9.68. The molecule has 0 unspecified atom stereocenters. The van der Waals surface area contributed by atoms with Crippen LogP contribution in [0.1, 0.15) is 53.2 Å². The van der Waals surface area contributed by atoms with Gasteiger partial charge in [-0.25, -0.2) is 9.59 Å². The van der Waals surface area contributed by atoms with Crippen LogP contribution in [0.3, 0.4) is 0 Å². The van der Waals surface area contributed by atoms with Gasteiger partial charge in [0.25, 0.3) is 11.4 Å². The molecule has 0 aliphatic rings. The zero-order valence-corrected chi connectivity index (χ0v) is 23.0. The molecular weight excluding hydrogens is 528 g/mol. The van der Waals surface area contributed by atoms with Crippen molar-refractivity contribution < 1.29 is 28.9 Å². The molecule has 0 saturated carbocycles.